The van der Waals surface area contributed by atoms with E-state index in [4.69, 9.17) is 33.0 Å². The highest BCUT2D eigenvalue weighted by Crippen LogP contribution is 2.43. The van der Waals surface area contributed by atoms with Crippen molar-refractivity contribution in [3.63, 3.8) is 0 Å². The van der Waals surface area contributed by atoms with Gasteiger partial charge in [-0.2, -0.15) is 5.10 Å². The Morgan fingerprint density at radius 2 is 2.00 bits per heavy atom. The van der Waals surface area contributed by atoms with Gasteiger partial charge in [0.05, 0.1) is 34.0 Å². The van der Waals surface area contributed by atoms with E-state index in [1.54, 1.807) is 24.4 Å². The molecule has 3 heterocycles. The summed E-state index contributed by atoms with van der Waals surface area (Å²) in [5.41, 5.74) is 4.13. The number of aryl methyl sites for hydroxylation is 1. The van der Waals surface area contributed by atoms with Crippen molar-refractivity contribution in [2.24, 2.45) is 0 Å². The number of aromatic nitrogens is 3. The van der Waals surface area contributed by atoms with Crippen LogP contribution in [0.2, 0.25) is 35.9 Å². The lowest BCUT2D eigenvalue weighted by atomic mass is 10.1. The van der Waals surface area contributed by atoms with Crippen LogP contribution >= 0.6 is 23.2 Å². The Labute approximate surface area is 198 Å². The molecule has 1 atom stereocenters. The molecule has 170 valence electrons. The van der Waals surface area contributed by atoms with Crippen LogP contribution in [0.3, 0.4) is 0 Å². The molecule has 2 N–H and O–H groups in total. The molecule has 1 unspecified atom stereocenters. The molecule has 0 spiro atoms. The maximum absolute atomic E-state index is 14.8. The first kappa shape index (κ1) is 23.0. The Balaban J connectivity index is 1.75. The van der Waals surface area contributed by atoms with E-state index >= 15 is 0 Å². The van der Waals surface area contributed by atoms with E-state index in [9.17, 15) is 4.39 Å². The minimum Gasteiger partial charge on any atom is -0.360 e. The molecule has 6 nitrogen and oxygen atoms in total. The molecule has 1 aliphatic heterocycles. The third-order valence-corrected chi connectivity index (χ3v) is 7.58. The van der Waals surface area contributed by atoms with Crippen LogP contribution in [-0.2, 0) is 11.5 Å². The number of halogens is 3. The SMILES string of the molecule is Cc1nn(COCC[Si](C)(C)C)c2c1NC(c1c(F)cccc1Cl)Nc1cnc(Cl)cc1-2. The molecular formula is C22H26Cl2FN5OSi. The number of rotatable bonds is 6. The van der Waals surface area contributed by atoms with Gasteiger partial charge in [0, 0.05) is 25.8 Å². The Morgan fingerprint density at radius 3 is 2.72 bits per heavy atom. The summed E-state index contributed by atoms with van der Waals surface area (Å²) in [5.74, 6) is -0.408. The minimum absolute atomic E-state index is 0.298. The predicted molar refractivity (Wildman–Crippen MR) is 131 cm³/mol. The third-order valence-electron chi connectivity index (χ3n) is 5.34. The summed E-state index contributed by atoms with van der Waals surface area (Å²) < 4.78 is 22.5. The molecule has 1 aliphatic rings. The van der Waals surface area contributed by atoms with Crippen LogP contribution in [-0.4, -0.2) is 29.4 Å². The Bertz CT molecular complexity index is 1130. The zero-order chi connectivity index (χ0) is 23.0. The molecule has 10 heteroatoms. The van der Waals surface area contributed by atoms with Crippen molar-refractivity contribution >= 4 is 42.7 Å². The van der Waals surface area contributed by atoms with E-state index in [1.165, 1.54) is 6.07 Å². The van der Waals surface area contributed by atoms with E-state index in [2.05, 4.69) is 35.3 Å². The minimum atomic E-state index is -1.20. The Morgan fingerprint density at radius 1 is 1.22 bits per heavy atom. The summed E-state index contributed by atoms with van der Waals surface area (Å²) in [5, 5.41) is 12.1. The number of hydrogen-bond acceptors (Lipinski definition) is 5. The molecule has 0 saturated heterocycles. The van der Waals surface area contributed by atoms with Crippen molar-refractivity contribution in [2.75, 3.05) is 17.2 Å². The lowest BCUT2D eigenvalue weighted by molar-refractivity contribution is 0.0796. The van der Waals surface area contributed by atoms with Gasteiger partial charge >= 0.3 is 0 Å². The van der Waals surface area contributed by atoms with Gasteiger partial charge in [-0.1, -0.05) is 48.9 Å². The average molecular weight is 494 g/mol. The van der Waals surface area contributed by atoms with E-state index in [-0.39, 0.29) is 0 Å². The van der Waals surface area contributed by atoms with E-state index in [1.807, 2.05) is 11.6 Å². The number of pyridine rings is 1. The van der Waals surface area contributed by atoms with Crippen molar-refractivity contribution in [1.29, 1.82) is 0 Å². The van der Waals surface area contributed by atoms with Gasteiger partial charge in [-0.3, -0.25) is 0 Å². The fourth-order valence-corrected chi connectivity index (χ4v) is 4.85. The second-order valence-corrected chi connectivity index (χ2v) is 15.5. The molecule has 4 rings (SSSR count). The van der Waals surface area contributed by atoms with Crippen molar-refractivity contribution in [2.45, 2.75) is 45.5 Å². The summed E-state index contributed by atoms with van der Waals surface area (Å²) in [6.45, 7) is 9.82. The van der Waals surface area contributed by atoms with Crippen molar-refractivity contribution in [3.8, 4) is 11.3 Å². The van der Waals surface area contributed by atoms with Crippen LogP contribution in [0.15, 0.2) is 30.5 Å². The van der Waals surface area contributed by atoms with Crippen LogP contribution in [0.25, 0.3) is 11.3 Å². The lowest BCUT2D eigenvalue weighted by Crippen LogP contribution is -2.22. The van der Waals surface area contributed by atoms with Gasteiger partial charge in [-0.25, -0.2) is 14.1 Å². The quantitative estimate of drug-likeness (QED) is 0.231. The van der Waals surface area contributed by atoms with Crippen LogP contribution < -0.4 is 10.6 Å². The monoisotopic (exact) mass is 493 g/mol. The molecular weight excluding hydrogens is 468 g/mol. The highest BCUT2D eigenvalue weighted by atomic mass is 35.5. The molecule has 0 saturated carbocycles. The smallest absolute Gasteiger partial charge is 0.140 e. The van der Waals surface area contributed by atoms with Gasteiger partial charge in [0.25, 0.3) is 0 Å². The first-order valence-corrected chi connectivity index (χ1v) is 14.9. The largest absolute Gasteiger partial charge is 0.360 e. The summed E-state index contributed by atoms with van der Waals surface area (Å²) in [6.07, 6.45) is 1.01. The number of nitrogens with zero attached hydrogens (tertiary/aromatic N) is 3. The van der Waals surface area contributed by atoms with Gasteiger partial charge in [0.1, 0.15) is 23.9 Å². The topological polar surface area (TPSA) is 64.0 Å². The second kappa shape index (κ2) is 9.01. The lowest BCUT2D eigenvalue weighted by Gasteiger charge is -2.22. The zero-order valence-electron chi connectivity index (χ0n) is 18.5. The van der Waals surface area contributed by atoms with E-state index in [0.717, 1.165) is 28.7 Å². The maximum Gasteiger partial charge on any atom is 0.140 e. The number of nitrogens with one attached hydrogen (secondary N) is 2. The summed E-state index contributed by atoms with van der Waals surface area (Å²) in [4.78, 5) is 4.21. The Hall–Kier alpha value is -2.13. The van der Waals surface area contributed by atoms with E-state index in [0.29, 0.717) is 34.8 Å². The average Bonchev–Trinajstić information content (AvgIpc) is 2.90. The van der Waals surface area contributed by atoms with Crippen molar-refractivity contribution < 1.29 is 9.13 Å². The maximum atomic E-state index is 14.8. The number of ether oxygens (including phenoxy) is 1. The third kappa shape index (κ3) is 4.78. The molecule has 0 aliphatic carbocycles. The second-order valence-electron chi connectivity index (χ2n) is 9.07. The standard InChI is InChI=1S/C22H26Cl2FN5OSi/c1-13-20-21(30(29-13)12-31-8-9-32(2,3)4)14-10-18(24)26-11-17(14)27-22(28-20)19-15(23)6-5-7-16(19)25/h5-7,10-11,22,27-28H,8-9,12H2,1-4H3. The fraction of sp³-hybridized carbons (Fsp3) is 0.364. The van der Waals surface area contributed by atoms with Gasteiger partial charge in [0.2, 0.25) is 0 Å². The molecule has 0 bridgehead atoms. The highest BCUT2D eigenvalue weighted by molar-refractivity contribution is 6.76. The summed E-state index contributed by atoms with van der Waals surface area (Å²) in [6, 6.07) is 7.48. The van der Waals surface area contributed by atoms with Crippen molar-refractivity contribution in [3.05, 3.63) is 57.7 Å². The molecule has 0 radical (unpaired) electrons. The molecule has 1 aromatic carbocycles. The molecule has 0 amide bonds. The molecule has 0 fully saturated rings. The number of fused-ring (bicyclic) bond motifs is 3. The van der Waals surface area contributed by atoms with Gasteiger partial charge < -0.3 is 15.4 Å². The van der Waals surface area contributed by atoms with Crippen LogP contribution in [0.1, 0.15) is 17.4 Å². The number of anilines is 2. The molecule has 3 aromatic rings. The van der Waals surface area contributed by atoms with Gasteiger partial charge in [-0.05, 0) is 31.2 Å². The predicted octanol–water partition coefficient (Wildman–Crippen LogP) is 6.55. The fourth-order valence-electron chi connectivity index (χ4n) is 3.66. The van der Waals surface area contributed by atoms with Gasteiger partial charge in [-0.15, -0.1) is 0 Å². The molecule has 32 heavy (non-hydrogen) atoms. The summed E-state index contributed by atoms with van der Waals surface area (Å²) in [7, 11) is -1.20. The highest BCUT2D eigenvalue weighted by Gasteiger charge is 2.30. The van der Waals surface area contributed by atoms with Crippen LogP contribution in [0.5, 0.6) is 0 Å². The Kier molecular flexibility index (Phi) is 6.49. The van der Waals surface area contributed by atoms with Gasteiger partial charge in [0.15, 0.2) is 0 Å². The zero-order valence-corrected chi connectivity index (χ0v) is 21.0. The number of benzene rings is 1. The van der Waals surface area contributed by atoms with Crippen LogP contribution in [0.4, 0.5) is 15.8 Å². The normalized spacial score (nSPS) is 15.4. The number of hydrogen-bond donors (Lipinski definition) is 2. The van der Waals surface area contributed by atoms with Crippen LogP contribution in [0, 0.1) is 12.7 Å². The molecule has 2 aromatic heterocycles. The summed E-state index contributed by atoms with van der Waals surface area (Å²) >= 11 is 12.6. The first-order valence-electron chi connectivity index (χ1n) is 10.4. The van der Waals surface area contributed by atoms with Crippen molar-refractivity contribution in [1.82, 2.24) is 14.8 Å². The van der Waals surface area contributed by atoms with E-state index < -0.39 is 20.1 Å². The first-order chi connectivity index (χ1) is 15.1.